The fourth-order valence-electron chi connectivity index (χ4n) is 8.06. The third-order valence-electron chi connectivity index (χ3n) is 11.3. The second-order valence-electron chi connectivity index (χ2n) is 17.6. The number of nitrogens with zero attached hydrogens (tertiary/aromatic N) is 2. The first kappa shape index (κ1) is 39.2. The van der Waals surface area contributed by atoms with Crippen molar-refractivity contribution in [3.63, 3.8) is 0 Å². The molecule has 2 heteroatoms. The van der Waals surface area contributed by atoms with Gasteiger partial charge < -0.3 is 9.80 Å². The molecule has 0 saturated carbocycles. The summed E-state index contributed by atoms with van der Waals surface area (Å²) in [6.45, 7) is 18.6. The van der Waals surface area contributed by atoms with Gasteiger partial charge in [0.15, 0.2) is 0 Å². The highest BCUT2D eigenvalue weighted by atomic mass is 15.1. The van der Waals surface area contributed by atoms with Crippen LogP contribution in [-0.4, -0.2) is 0 Å². The van der Waals surface area contributed by atoms with Gasteiger partial charge >= 0.3 is 0 Å². The van der Waals surface area contributed by atoms with E-state index in [1.807, 2.05) is 0 Å². The first-order valence-corrected chi connectivity index (χ1v) is 20.8. The van der Waals surface area contributed by atoms with Crippen LogP contribution < -0.4 is 9.80 Å². The van der Waals surface area contributed by atoms with Gasteiger partial charge in [0.2, 0.25) is 0 Å². The fraction of sp³-hybridized carbons (Fsp3) is 0.158. The van der Waals surface area contributed by atoms with Crippen LogP contribution in [0.2, 0.25) is 0 Å². The molecule has 7 aromatic rings. The molecule has 0 N–H and O–H groups in total. The van der Waals surface area contributed by atoms with Crippen molar-refractivity contribution in [3.05, 3.63) is 229 Å². The van der Waals surface area contributed by atoms with E-state index in [0.29, 0.717) is 0 Å². The Kier molecular flexibility index (Phi) is 10.8. The van der Waals surface area contributed by atoms with Crippen LogP contribution >= 0.6 is 0 Å². The van der Waals surface area contributed by atoms with Gasteiger partial charge in [0.1, 0.15) is 0 Å². The second kappa shape index (κ2) is 16.3. The Morgan fingerprint density at radius 3 is 1.34 bits per heavy atom. The number of hydrogen-bond donors (Lipinski definition) is 0. The fourth-order valence-corrected chi connectivity index (χ4v) is 8.06. The van der Waals surface area contributed by atoms with E-state index < -0.39 is 0 Å². The average molecular weight is 767 g/mol. The molecule has 0 heterocycles. The zero-order valence-corrected chi connectivity index (χ0v) is 35.3. The normalized spacial score (nSPS) is 14.3. The molecular weight excluding hydrogens is 713 g/mol. The summed E-state index contributed by atoms with van der Waals surface area (Å²) in [5.41, 5.74) is 17.3. The molecule has 292 valence electrons. The molecule has 8 rings (SSSR count). The molecule has 0 saturated heterocycles. The standard InChI is InChI=1S/C57H54N2/c1-41-28-32-49(58(45-20-12-8-13-21-45)46-22-14-9-15-23-46)33-29-42-38-43(56(2,3)4)30-35-52(42)53-36-31-44(57(5,6)7)39-54(53)55-40-50(34-37-51(41)55)59(47-24-16-10-17-25-47)48-26-18-11-19-27-48/h8-28,30-40H,1,29H2,2-7H3/b32-28-,49-33+. The highest BCUT2D eigenvalue weighted by molar-refractivity contribution is 5.95. The van der Waals surface area contributed by atoms with Crippen molar-refractivity contribution >= 4 is 34.0 Å². The highest BCUT2D eigenvalue weighted by Crippen LogP contribution is 2.45. The maximum atomic E-state index is 4.79. The molecule has 1 aliphatic carbocycles. The molecule has 0 atom stereocenters. The summed E-state index contributed by atoms with van der Waals surface area (Å²) < 4.78 is 0. The van der Waals surface area contributed by atoms with Gasteiger partial charge in [0, 0.05) is 34.1 Å². The van der Waals surface area contributed by atoms with Crippen LogP contribution in [0.5, 0.6) is 0 Å². The van der Waals surface area contributed by atoms with Crippen LogP contribution in [0.1, 0.15) is 63.8 Å². The first-order valence-electron chi connectivity index (χ1n) is 20.8. The van der Waals surface area contributed by atoms with Gasteiger partial charge in [-0.2, -0.15) is 0 Å². The molecule has 7 aromatic carbocycles. The predicted octanol–water partition coefficient (Wildman–Crippen LogP) is 15.9. The lowest BCUT2D eigenvalue weighted by Gasteiger charge is -2.29. The second-order valence-corrected chi connectivity index (χ2v) is 17.6. The SMILES string of the molecule is C=C1/C=C\C(N(c2ccccc2)c2ccccc2)=C/Cc2cc(C(C)(C)C)ccc2-c2ccc(C(C)(C)C)cc2-c2cc(N(c3ccccc3)c3ccccc3)ccc21. The Hall–Kier alpha value is -6.64. The van der Waals surface area contributed by atoms with Crippen LogP contribution in [-0.2, 0) is 17.3 Å². The number of para-hydroxylation sites is 4. The number of rotatable bonds is 6. The van der Waals surface area contributed by atoms with Crippen molar-refractivity contribution < 1.29 is 0 Å². The summed E-state index contributed by atoms with van der Waals surface area (Å²) >= 11 is 0. The molecule has 0 aromatic heterocycles. The van der Waals surface area contributed by atoms with Crippen molar-refractivity contribution in [3.8, 4) is 22.3 Å². The van der Waals surface area contributed by atoms with E-state index in [1.165, 1.54) is 33.4 Å². The summed E-state index contributed by atoms with van der Waals surface area (Å²) in [6, 6.07) is 63.8. The number of allylic oxidation sites excluding steroid dienone is 4. The largest absolute Gasteiger partial charge is 0.311 e. The van der Waals surface area contributed by atoms with Crippen LogP contribution in [0.3, 0.4) is 0 Å². The van der Waals surface area contributed by atoms with Gasteiger partial charge in [-0.3, -0.25) is 0 Å². The van der Waals surface area contributed by atoms with Crippen LogP contribution in [0.4, 0.5) is 28.4 Å². The molecule has 1 aliphatic rings. The van der Waals surface area contributed by atoms with Crippen molar-refractivity contribution in [1.29, 1.82) is 0 Å². The Balaban J connectivity index is 1.43. The minimum Gasteiger partial charge on any atom is -0.311 e. The van der Waals surface area contributed by atoms with Gasteiger partial charge in [-0.15, -0.1) is 0 Å². The lowest BCUT2D eigenvalue weighted by Crippen LogP contribution is -2.16. The lowest BCUT2D eigenvalue weighted by molar-refractivity contribution is 0.589. The van der Waals surface area contributed by atoms with Gasteiger partial charge in [0.25, 0.3) is 0 Å². The first-order chi connectivity index (χ1) is 28.5. The minimum atomic E-state index is -0.0532. The Bertz CT molecular complexity index is 2560. The Morgan fingerprint density at radius 2 is 0.831 bits per heavy atom. The van der Waals surface area contributed by atoms with E-state index in [4.69, 9.17) is 6.58 Å². The molecule has 59 heavy (non-hydrogen) atoms. The summed E-state index contributed by atoms with van der Waals surface area (Å²) in [5.74, 6) is 0. The van der Waals surface area contributed by atoms with Crippen molar-refractivity contribution in [2.75, 3.05) is 9.80 Å². The van der Waals surface area contributed by atoms with Crippen LogP contribution in [0.15, 0.2) is 206 Å². The molecule has 0 fully saturated rings. The van der Waals surface area contributed by atoms with E-state index in [2.05, 4.69) is 245 Å². The number of hydrogen-bond acceptors (Lipinski definition) is 2. The highest BCUT2D eigenvalue weighted by Gasteiger charge is 2.24. The molecule has 0 amide bonds. The van der Waals surface area contributed by atoms with E-state index in [-0.39, 0.29) is 10.8 Å². The molecule has 0 radical (unpaired) electrons. The lowest BCUT2D eigenvalue weighted by atomic mass is 9.79. The zero-order chi connectivity index (χ0) is 41.1. The van der Waals surface area contributed by atoms with E-state index in [0.717, 1.165) is 57.3 Å². The number of benzene rings is 7. The Morgan fingerprint density at radius 1 is 0.390 bits per heavy atom. The van der Waals surface area contributed by atoms with E-state index >= 15 is 0 Å². The monoisotopic (exact) mass is 766 g/mol. The predicted molar refractivity (Wildman–Crippen MR) is 254 cm³/mol. The smallest absolute Gasteiger partial charge is 0.0468 e. The van der Waals surface area contributed by atoms with Crippen LogP contribution in [0.25, 0.3) is 27.8 Å². The van der Waals surface area contributed by atoms with Gasteiger partial charge in [-0.05, 0) is 140 Å². The van der Waals surface area contributed by atoms with E-state index in [1.54, 1.807) is 0 Å². The van der Waals surface area contributed by atoms with Gasteiger partial charge in [-0.25, -0.2) is 0 Å². The molecular formula is C57H54N2. The quantitative estimate of drug-likeness (QED) is 0.166. The summed E-state index contributed by atoms with van der Waals surface area (Å²) in [6.07, 6.45) is 7.59. The van der Waals surface area contributed by atoms with Crippen molar-refractivity contribution in [2.45, 2.75) is 58.8 Å². The molecule has 0 unspecified atom stereocenters. The maximum Gasteiger partial charge on any atom is 0.0468 e. The van der Waals surface area contributed by atoms with Crippen molar-refractivity contribution in [1.82, 2.24) is 0 Å². The molecule has 0 bridgehead atoms. The zero-order valence-electron chi connectivity index (χ0n) is 35.3. The molecule has 0 spiro atoms. The maximum absolute atomic E-state index is 4.79. The number of anilines is 5. The third kappa shape index (κ3) is 8.36. The third-order valence-corrected chi connectivity index (χ3v) is 11.3. The summed E-state index contributed by atoms with van der Waals surface area (Å²) in [5, 5.41) is 0. The summed E-state index contributed by atoms with van der Waals surface area (Å²) in [4.78, 5) is 4.71. The minimum absolute atomic E-state index is 0.0121. The van der Waals surface area contributed by atoms with Crippen molar-refractivity contribution in [2.24, 2.45) is 0 Å². The van der Waals surface area contributed by atoms with E-state index in [9.17, 15) is 0 Å². The average Bonchev–Trinajstić information content (AvgIpc) is 3.25. The molecule has 0 aliphatic heterocycles. The summed E-state index contributed by atoms with van der Waals surface area (Å²) in [7, 11) is 0. The molecule has 2 nitrogen and oxygen atoms in total. The Labute approximate surface area is 352 Å². The number of fused-ring (bicyclic) bond motifs is 5. The topological polar surface area (TPSA) is 6.48 Å². The van der Waals surface area contributed by atoms with Crippen LogP contribution in [0, 0.1) is 0 Å². The van der Waals surface area contributed by atoms with Gasteiger partial charge in [0.05, 0.1) is 0 Å². The van der Waals surface area contributed by atoms with Gasteiger partial charge in [-0.1, -0.05) is 169 Å².